The molecule has 7 heteroatoms. The van der Waals surface area contributed by atoms with Crippen molar-refractivity contribution in [3.63, 3.8) is 0 Å². The highest BCUT2D eigenvalue weighted by Gasteiger charge is 2.24. The molecule has 0 saturated carbocycles. The molecular formula is C21H24ClFN2O3. The van der Waals surface area contributed by atoms with Crippen molar-refractivity contribution in [3.05, 3.63) is 52.8 Å². The van der Waals surface area contributed by atoms with E-state index in [1.54, 1.807) is 6.92 Å². The number of nitrogens with one attached hydrogen (secondary N) is 2. The van der Waals surface area contributed by atoms with Gasteiger partial charge in [-0.2, -0.15) is 0 Å². The van der Waals surface area contributed by atoms with Crippen molar-refractivity contribution in [3.8, 4) is 11.5 Å². The van der Waals surface area contributed by atoms with Crippen LogP contribution in [0.1, 0.15) is 32.4 Å². The summed E-state index contributed by atoms with van der Waals surface area (Å²) in [6.07, 6.45) is 0. The lowest BCUT2D eigenvalue weighted by atomic mass is 9.94. The Labute approximate surface area is 169 Å². The minimum atomic E-state index is -0.569. The fraction of sp³-hybridized carbons (Fsp3) is 0.381. The maximum atomic E-state index is 13.9. The van der Waals surface area contributed by atoms with Gasteiger partial charge in [0.2, 0.25) is 5.91 Å². The highest BCUT2D eigenvalue weighted by molar-refractivity contribution is 6.30. The zero-order valence-electron chi connectivity index (χ0n) is 16.1. The maximum Gasteiger partial charge on any atom is 0.241 e. The third kappa shape index (κ3) is 4.75. The zero-order valence-corrected chi connectivity index (χ0v) is 16.8. The highest BCUT2D eigenvalue weighted by atomic mass is 35.5. The quantitative estimate of drug-likeness (QED) is 0.738. The third-order valence-corrected chi connectivity index (χ3v) is 4.84. The summed E-state index contributed by atoms with van der Waals surface area (Å²) < 4.78 is 25.2. The second kappa shape index (κ2) is 8.80. The fourth-order valence-corrected chi connectivity index (χ4v) is 3.26. The number of hydrogen-bond donors (Lipinski definition) is 2. The lowest BCUT2D eigenvalue weighted by Crippen LogP contribution is -2.42. The molecule has 150 valence electrons. The molecule has 0 spiro atoms. The molecular weight excluding hydrogens is 383 g/mol. The molecule has 0 aromatic heterocycles. The Bertz CT molecular complexity index is 860. The van der Waals surface area contributed by atoms with Crippen LogP contribution in [0.3, 0.4) is 0 Å². The van der Waals surface area contributed by atoms with Crippen LogP contribution in [0.15, 0.2) is 36.4 Å². The van der Waals surface area contributed by atoms with Crippen LogP contribution in [-0.4, -0.2) is 25.2 Å². The highest BCUT2D eigenvalue weighted by Crippen LogP contribution is 2.34. The van der Waals surface area contributed by atoms with E-state index >= 15 is 0 Å². The monoisotopic (exact) mass is 406 g/mol. The van der Waals surface area contributed by atoms with Gasteiger partial charge in [-0.1, -0.05) is 31.5 Å². The summed E-state index contributed by atoms with van der Waals surface area (Å²) in [4.78, 5) is 12.6. The van der Waals surface area contributed by atoms with Crippen molar-refractivity contribution in [2.45, 2.75) is 32.9 Å². The average molecular weight is 407 g/mol. The first-order chi connectivity index (χ1) is 13.3. The summed E-state index contributed by atoms with van der Waals surface area (Å²) in [6, 6.07) is 9.30. The van der Waals surface area contributed by atoms with E-state index in [0.29, 0.717) is 19.0 Å². The fourth-order valence-electron chi connectivity index (χ4n) is 3.10. The van der Waals surface area contributed by atoms with E-state index in [2.05, 4.69) is 24.5 Å². The second-order valence-electron chi connectivity index (χ2n) is 7.13. The van der Waals surface area contributed by atoms with Crippen LogP contribution in [0, 0.1) is 11.7 Å². The molecule has 0 unspecified atom stereocenters. The van der Waals surface area contributed by atoms with Crippen LogP contribution in [0.2, 0.25) is 5.02 Å². The number of hydrogen-bond acceptors (Lipinski definition) is 4. The van der Waals surface area contributed by atoms with Gasteiger partial charge in [-0.15, -0.1) is 0 Å². The normalized spacial score (nSPS) is 15.2. The Morgan fingerprint density at radius 2 is 1.79 bits per heavy atom. The molecule has 1 heterocycles. The molecule has 0 fully saturated rings. The largest absolute Gasteiger partial charge is 0.486 e. The van der Waals surface area contributed by atoms with E-state index < -0.39 is 11.9 Å². The predicted molar refractivity (Wildman–Crippen MR) is 108 cm³/mol. The summed E-state index contributed by atoms with van der Waals surface area (Å²) in [6.45, 7) is 6.94. The molecule has 1 amide bonds. The molecule has 2 N–H and O–H groups in total. The first-order valence-electron chi connectivity index (χ1n) is 9.26. The minimum Gasteiger partial charge on any atom is -0.486 e. The van der Waals surface area contributed by atoms with Gasteiger partial charge < -0.3 is 14.8 Å². The summed E-state index contributed by atoms with van der Waals surface area (Å²) in [5.41, 5.74) is 1.10. The number of benzene rings is 2. The average Bonchev–Trinajstić information content (AvgIpc) is 2.67. The van der Waals surface area contributed by atoms with E-state index in [-0.39, 0.29) is 28.6 Å². The zero-order chi connectivity index (χ0) is 20.3. The van der Waals surface area contributed by atoms with Gasteiger partial charge in [0, 0.05) is 11.1 Å². The van der Waals surface area contributed by atoms with Crippen LogP contribution in [0.4, 0.5) is 10.1 Å². The van der Waals surface area contributed by atoms with Crippen molar-refractivity contribution in [1.82, 2.24) is 5.32 Å². The number of rotatable bonds is 6. The second-order valence-corrected chi connectivity index (χ2v) is 7.56. The molecule has 3 rings (SSSR count). The number of halogens is 2. The Kier molecular flexibility index (Phi) is 6.42. The standard InChI is InChI=1S/C21H24ClFN2O3/c1-12(2)20(14-4-7-18-19(10-14)28-9-8-27-18)24-13(3)21(26)25-17-6-5-15(22)11-16(17)23/h4-7,10-13,20,24H,8-9H2,1-3H3,(H,25,26)/t13-,20+/m1/s1. The van der Waals surface area contributed by atoms with E-state index in [1.807, 2.05) is 18.2 Å². The summed E-state index contributed by atoms with van der Waals surface area (Å²) >= 11 is 5.75. The molecule has 5 nitrogen and oxygen atoms in total. The number of anilines is 1. The minimum absolute atomic E-state index is 0.0911. The van der Waals surface area contributed by atoms with Crippen molar-refractivity contribution < 1.29 is 18.7 Å². The molecule has 2 aromatic rings. The Morgan fingerprint density at radius 3 is 2.46 bits per heavy atom. The molecule has 2 aromatic carbocycles. The van der Waals surface area contributed by atoms with Gasteiger partial charge in [0.25, 0.3) is 0 Å². The van der Waals surface area contributed by atoms with Gasteiger partial charge in [0.15, 0.2) is 11.5 Å². The lowest BCUT2D eigenvalue weighted by molar-refractivity contribution is -0.118. The molecule has 1 aliphatic heterocycles. The summed E-state index contributed by atoms with van der Waals surface area (Å²) in [7, 11) is 0. The van der Waals surface area contributed by atoms with Gasteiger partial charge in [0.05, 0.1) is 11.7 Å². The van der Waals surface area contributed by atoms with Crippen LogP contribution in [0.5, 0.6) is 11.5 Å². The van der Waals surface area contributed by atoms with Crippen LogP contribution in [0.25, 0.3) is 0 Å². The van der Waals surface area contributed by atoms with Crippen LogP contribution < -0.4 is 20.1 Å². The van der Waals surface area contributed by atoms with E-state index in [1.165, 1.54) is 18.2 Å². The van der Waals surface area contributed by atoms with E-state index in [9.17, 15) is 9.18 Å². The number of ether oxygens (including phenoxy) is 2. The van der Waals surface area contributed by atoms with E-state index in [4.69, 9.17) is 21.1 Å². The Hall–Kier alpha value is -2.31. The van der Waals surface area contributed by atoms with Gasteiger partial charge in [-0.05, 0) is 48.7 Å². The lowest BCUT2D eigenvalue weighted by Gasteiger charge is -2.28. The van der Waals surface area contributed by atoms with Crippen LogP contribution in [-0.2, 0) is 4.79 Å². The molecule has 28 heavy (non-hydrogen) atoms. The maximum absolute atomic E-state index is 13.9. The number of amides is 1. The number of fused-ring (bicyclic) bond motifs is 1. The summed E-state index contributed by atoms with van der Waals surface area (Å²) in [5, 5.41) is 6.21. The van der Waals surface area contributed by atoms with Gasteiger partial charge in [-0.3, -0.25) is 10.1 Å². The SMILES string of the molecule is CC(C)[C@H](N[C@H](C)C(=O)Nc1ccc(Cl)cc1F)c1ccc2c(c1)OCCO2. The topological polar surface area (TPSA) is 59.6 Å². The molecule has 0 aliphatic carbocycles. The van der Waals surface area contributed by atoms with Crippen molar-refractivity contribution in [1.29, 1.82) is 0 Å². The van der Waals surface area contributed by atoms with Gasteiger partial charge in [0.1, 0.15) is 19.0 Å². The number of carbonyl (C=O) groups excluding carboxylic acids is 1. The smallest absolute Gasteiger partial charge is 0.241 e. The van der Waals surface area contributed by atoms with Crippen molar-refractivity contribution in [2.24, 2.45) is 5.92 Å². The number of carbonyl (C=O) groups is 1. The van der Waals surface area contributed by atoms with Crippen LogP contribution >= 0.6 is 11.6 Å². The first kappa shape index (κ1) is 20.4. The van der Waals surface area contributed by atoms with Crippen molar-refractivity contribution >= 4 is 23.2 Å². The Balaban J connectivity index is 1.72. The first-order valence-corrected chi connectivity index (χ1v) is 9.64. The summed E-state index contributed by atoms with van der Waals surface area (Å²) in [5.74, 6) is 0.743. The van der Waals surface area contributed by atoms with Gasteiger partial charge >= 0.3 is 0 Å². The molecule has 2 atom stereocenters. The third-order valence-electron chi connectivity index (χ3n) is 4.60. The van der Waals surface area contributed by atoms with Crippen molar-refractivity contribution in [2.75, 3.05) is 18.5 Å². The Morgan fingerprint density at radius 1 is 1.07 bits per heavy atom. The van der Waals surface area contributed by atoms with Gasteiger partial charge in [-0.25, -0.2) is 4.39 Å². The van der Waals surface area contributed by atoms with E-state index in [0.717, 1.165) is 11.3 Å². The molecule has 1 aliphatic rings. The predicted octanol–water partition coefficient (Wildman–Crippen LogP) is 4.56. The molecule has 0 saturated heterocycles. The molecule has 0 bridgehead atoms. The molecule has 0 radical (unpaired) electrons.